The highest BCUT2D eigenvalue weighted by Gasteiger charge is 2.64. The Labute approximate surface area is 163 Å². The molecule has 3 N–H and O–H groups in total. The summed E-state index contributed by atoms with van der Waals surface area (Å²) in [5.74, 6) is -0.129. The molecule has 0 aromatic carbocycles. The SMILES string of the molecule is Nc1nc(-c2cnc3cc(C4(C(F)(F)F)CC4)cnn23)ccc1[C@H]1CNC[C@H]1F. The number of anilines is 1. The standard InChI is InChI=1S/C19H18F4N6/c20-13-8-25-7-12(13)11-1-2-14(28-17(11)24)15-9-26-16-5-10(6-27-29(15)16)18(3-4-18)19(21,22)23/h1-2,5-6,9,12-13,25H,3-4,7-8H2,(H2,24,28)/t12-,13-/m1/s1. The van der Waals surface area contributed by atoms with Crippen molar-refractivity contribution in [2.75, 3.05) is 18.8 Å². The zero-order valence-corrected chi connectivity index (χ0v) is 15.2. The van der Waals surface area contributed by atoms with E-state index in [0.717, 1.165) is 0 Å². The number of nitrogens with one attached hydrogen (secondary N) is 1. The summed E-state index contributed by atoms with van der Waals surface area (Å²) in [4.78, 5) is 8.57. The molecule has 152 valence electrons. The second-order valence-corrected chi connectivity index (χ2v) is 7.69. The zero-order valence-electron chi connectivity index (χ0n) is 15.2. The Kier molecular flexibility index (Phi) is 3.86. The van der Waals surface area contributed by atoms with Gasteiger partial charge in [0.25, 0.3) is 0 Å². The molecule has 29 heavy (non-hydrogen) atoms. The lowest BCUT2D eigenvalue weighted by atomic mass is 9.97. The van der Waals surface area contributed by atoms with Crippen LogP contribution in [0.3, 0.4) is 0 Å². The predicted molar refractivity (Wildman–Crippen MR) is 98.1 cm³/mol. The first kappa shape index (κ1) is 18.3. The Hall–Kier alpha value is -2.75. The molecule has 0 unspecified atom stereocenters. The van der Waals surface area contributed by atoms with E-state index in [0.29, 0.717) is 29.1 Å². The van der Waals surface area contributed by atoms with Crippen LogP contribution in [0.2, 0.25) is 0 Å². The average molecular weight is 406 g/mol. The molecule has 2 atom stereocenters. The van der Waals surface area contributed by atoms with Crippen molar-refractivity contribution in [1.29, 1.82) is 0 Å². The van der Waals surface area contributed by atoms with Gasteiger partial charge in [-0.25, -0.2) is 18.9 Å². The third-order valence-corrected chi connectivity index (χ3v) is 5.97. The summed E-state index contributed by atoms with van der Waals surface area (Å²) in [6.45, 7) is 0.776. The van der Waals surface area contributed by atoms with E-state index in [1.54, 1.807) is 12.1 Å². The van der Waals surface area contributed by atoms with Gasteiger partial charge in [-0.1, -0.05) is 6.07 Å². The third-order valence-electron chi connectivity index (χ3n) is 5.97. The highest BCUT2D eigenvalue weighted by atomic mass is 19.4. The van der Waals surface area contributed by atoms with Crippen molar-refractivity contribution < 1.29 is 17.6 Å². The largest absolute Gasteiger partial charge is 0.398 e. The van der Waals surface area contributed by atoms with Crippen molar-refractivity contribution in [2.45, 2.75) is 36.5 Å². The molecule has 1 saturated heterocycles. The fraction of sp³-hybridized carbons (Fsp3) is 0.421. The number of nitrogen functional groups attached to an aromatic ring is 1. The lowest BCUT2D eigenvalue weighted by molar-refractivity contribution is -0.160. The number of pyridine rings is 1. The van der Waals surface area contributed by atoms with Gasteiger partial charge in [0.05, 0.1) is 23.5 Å². The number of fused-ring (bicyclic) bond motifs is 1. The molecule has 1 saturated carbocycles. The highest BCUT2D eigenvalue weighted by Crippen LogP contribution is 2.58. The third kappa shape index (κ3) is 2.77. The molecule has 0 bridgehead atoms. The number of rotatable bonds is 3. The summed E-state index contributed by atoms with van der Waals surface area (Å²) >= 11 is 0. The smallest absolute Gasteiger partial charge is 0.383 e. The normalized spacial score (nSPS) is 23.6. The van der Waals surface area contributed by atoms with Crippen molar-refractivity contribution in [2.24, 2.45) is 0 Å². The van der Waals surface area contributed by atoms with E-state index in [1.165, 1.54) is 23.0 Å². The summed E-state index contributed by atoms with van der Waals surface area (Å²) < 4.78 is 55.6. The summed E-state index contributed by atoms with van der Waals surface area (Å²) in [5.41, 5.74) is 6.30. The maximum atomic E-state index is 14.0. The van der Waals surface area contributed by atoms with Crippen molar-refractivity contribution in [3.8, 4) is 11.4 Å². The van der Waals surface area contributed by atoms with E-state index >= 15 is 0 Å². The van der Waals surface area contributed by atoms with Gasteiger partial charge in [0.2, 0.25) is 0 Å². The van der Waals surface area contributed by atoms with E-state index in [9.17, 15) is 17.6 Å². The van der Waals surface area contributed by atoms with Crippen molar-refractivity contribution >= 4 is 11.5 Å². The van der Waals surface area contributed by atoms with Gasteiger partial charge in [0.1, 0.15) is 17.7 Å². The Balaban J connectivity index is 1.51. The van der Waals surface area contributed by atoms with Gasteiger partial charge in [0.15, 0.2) is 5.65 Å². The number of aromatic nitrogens is 4. The summed E-state index contributed by atoms with van der Waals surface area (Å²) in [5, 5.41) is 7.17. The number of hydrogen-bond donors (Lipinski definition) is 2. The molecule has 10 heteroatoms. The Morgan fingerprint density at radius 1 is 1.17 bits per heavy atom. The van der Waals surface area contributed by atoms with Crippen LogP contribution in [-0.4, -0.2) is 45.0 Å². The Morgan fingerprint density at radius 3 is 2.59 bits per heavy atom. The number of halogens is 4. The first-order chi connectivity index (χ1) is 13.8. The Morgan fingerprint density at radius 2 is 1.97 bits per heavy atom. The molecule has 4 heterocycles. The van der Waals surface area contributed by atoms with Crippen LogP contribution in [0.5, 0.6) is 0 Å². The fourth-order valence-corrected chi connectivity index (χ4v) is 4.07. The number of alkyl halides is 4. The van der Waals surface area contributed by atoms with Gasteiger partial charge in [-0.05, 0) is 30.5 Å². The van der Waals surface area contributed by atoms with Crippen molar-refractivity contribution in [3.63, 3.8) is 0 Å². The Bertz CT molecular complexity index is 1090. The quantitative estimate of drug-likeness (QED) is 0.654. The summed E-state index contributed by atoms with van der Waals surface area (Å²) in [7, 11) is 0. The lowest BCUT2D eigenvalue weighted by Crippen LogP contribution is -2.29. The number of imidazole rings is 1. The summed E-state index contributed by atoms with van der Waals surface area (Å²) in [6.07, 6.45) is -2.47. The van der Waals surface area contributed by atoms with Gasteiger partial charge in [-0.15, -0.1) is 0 Å². The highest BCUT2D eigenvalue weighted by molar-refractivity contribution is 5.63. The van der Waals surface area contributed by atoms with Crippen LogP contribution in [0.25, 0.3) is 17.0 Å². The minimum Gasteiger partial charge on any atom is -0.383 e. The van der Waals surface area contributed by atoms with E-state index in [2.05, 4.69) is 20.4 Å². The van der Waals surface area contributed by atoms with Crippen molar-refractivity contribution in [1.82, 2.24) is 24.9 Å². The molecule has 6 nitrogen and oxygen atoms in total. The average Bonchev–Trinajstić information content (AvgIpc) is 3.25. The molecule has 1 aliphatic carbocycles. The second-order valence-electron chi connectivity index (χ2n) is 7.69. The van der Waals surface area contributed by atoms with Crippen molar-refractivity contribution in [3.05, 3.63) is 41.7 Å². The van der Waals surface area contributed by atoms with E-state index in [4.69, 9.17) is 5.73 Å². The van der Waals surface area contributed by atoms with Gasteiger partial charge < -0.3 is 11.1 Å². The summed E-state index contributed by atoms with van der Waals surface area (Å²) in [6, 6.07) is 4.86. The van der Waals surface area contributed by atoms with E-state index < -0.39 is 17.8 Å². The lowest BCUT2D eigenvalue weighted by Gasteiger charge is -2.19. The number of nitrogens with two attached hydrogens (primary N) is 1. The molecule has 1 aliphatic heterocycles. The molecular formula is C19H18F4N6. The monoisotopic (exact) mass is 406 g/mol. The molecule has 0 spiro atoms. The van der Waals surface area contributed by atoms with E-state index in [1.807, 2.05) is 0 Å². The first-order valence-corrected chi connectivity index (χ1v) is 9.33. The minimum absolute atomic E-state index is 0.0626. The van der Waals surface area contributed by atoms with Crippen LogP contribution >= 0.6 is 0 Å². The zero-order chi connectivity index (χ0) is 20.4. The minimum atomic E-state index is -4.31. The maximum absolute atomic E-state index is 14.0. The molecule has 0 radical (unpaired) electrons. The fourth-order valence-electron chi connectivity index (χ4n) is 4.07. The van der Waals surface area contributed by atoms with Crippen LogP contribution in [0.4, 0.5) is 23.4 Å². The maximum Gasteiger partial charge on any atom is 0.398 e. The number of nitrogens with zero attached hydrogens (tertiary/aromatic N) is 4. The van der Waals surface area contributed by atoms with Crippen LogP contribution in [0.1, 0.15) is 29.9 Å². The molecule has 3 aromatic rings. The molecule has 3 aromatic heterocycles. The van der Waals surface area contributed by atoms with Gasteiger partial charge in [0, 0.05) is 24.6 Å². The molecule has 2 aliphatic rings. The molecule has 0 amide bonds. The van der Waals surface area contributed by atoms with E-state index in [-0.39, 0.29) is 36.7 Å². The van der Waals surface area contributed by atoms with Gasteiger partial charge in [-0.2, -0.15) is 18.3 Å². The van der Waals surface area contributed by atoms with Gasteiger partial charge >= 0.3 is 6.18 Å². The number of hydrogen-bond acceptors (Lipinski definition) is 5. The predicted octanol–water partition coefficient (Wildman–Crippen LogP) is 2.99. The van der Waals surface area contributed by atoms with Crippen LogP contribution in [0.15, 0.2) is 30.6 Å². The van der Waals surface area contributed by atoms with Crippen LogP contribution in [-0.2, 0) is 5.41 Å². The van der Waals surface area contributed by atoms with Gasteiger partial charge in [-0.3, -0.25) is 0 Å². The molecule has 2 fully saturated rings. The topological polar surface area (TPSA) is 81.1 Å². The second kappa shape index (κ2) is 6.12. The van der Waals surface area contributed by atoms with Crippen LogP contribution in [0, 0.1) is 0 Å². The molecule has 5 rings (SSSR count). The van der Waals surface area contributed by atoms with Crippen LogP contribution < -0.4 is 11.1 Å². The molecular weight excluding hydrogens is 388 g/mol. The first-order valence-electron chi connectivity index (χ1n) is 9.33.